The fourth-order valence-corrected chi connectivity index (χ4v) is 3.12. The summed E-state index contributed by atoms with van der Waals surface area (Å²) >= 11 is 0. The van der Waals surface area contributed by atoms with Crippen LogP contribution in [0.3, 0.4) is 0 Å². The molecule has 1 atom stereocenters. The summed E-state index contributed by atoms with van der Waals surface area (Å²) in [6.45, 7) is 10.6. The molecule has 0 saturated carbocycles. The van der Waals surface area contributed by atoms with E-state index in [-0.39, 0.29) is 5.60 Å². The zero-order valence-corrected chi connectivity index (χ0v) is 14.5. The molecular formula is C17H33N3O. The normalized spacial score (nSPS) is 13.6. The zero-order valence-electron chi connectivity index (χ0n) is 14.5. The van der Waals surface area contributed by atoms with Crippen LogP contribution in [-0.2, 0) is 18.2 Å². The number of hydrogen-bond donors (Lipinski definition) is 1. The van der Waals surface area contributed by atoms with Crippen LogP contribution in [-0.4, -0.2) is 34.3 Å². The van der Waals surface area contributed by atoms with Crippen LogP contribution in [0.5, 0.6) is 0 Å². The fourth-order valence-electron chi connectivity index (χ4n) is 3.12. The van der Waals surface area contributed by atoms with Crippen LogP contribution in [0.1, 0.15) is 59.2 Å². The van der Waals surface area contributed by atoms with E-state index in [1.54, 1.807) is 0 Å². The molecule has 4 heteroatoms. The lowest BCUT2D eigenvalue weighted by Crippen LogP contribution is -2.52. The summed E-state index contributed by atoms with van der Waals surface area (Å²) in [5.74, 6) is 1.15. The van der Waals surface area contributed by atoms with E-state index in [2.05, 4.69) is 49.6 Å². The summed E-state index contributed by atoms with van der Waals surface area (Å²) in [6, 6.07) is 0.379. The Balaban J connectivity index is 2.79. The molecule has 0 aliphatic rings. The predicted octanol–water partition coefficient (Wildman–Crippen LogP) is 3.32. The number of aromatic nitrogens is 2. The van der Waals surface area contributed by atoms with Gasteiger partial charge in [0.1, 0.15) is 5.82 Å². The van der Waals surface area contributed by atoms with E-state index in [9.17, 15) is 0 Å². The topological polar surface area (TPSA) is 39.1 Å². The molecule has 122 valence electrons. The summed E-state index contributed by atoms with van der Waals surface area (Å²) < 4.78 is 8.31. The highest BCUT2D eigenvalue weighted by Gasteiger charge is 2.35. The van der Waals surface area contributed by atoms with Crippen molar-refractivity contribution >= 4 is 0 Å². The number of aryl methyl sites for hydroxylation is 2. The molecule has 4 nitrogen and oxygen atoms in total. The van der Waals surface area contributed by atoms with Crippen LogP contribution in [0, 0.1) is 0 Å². The lowest BCUT2D eigenvalue weighted by molar-refractivity contribution is -0.0737. The molecule has 0 amide bonds. The first-order valence-corrected chi connectivity index (χ1v) is 8.47. The van der Waals surface area contributed by atoms with Gasteiger partial charge in [-0.15, -0.1) is 0 Å². The molecule has 1 rings (SSSR count). The van der Waals surface area contributed by atoms with Crippen molar-refractivity contribution in [2.75, 3.05) is 13.2 Å². The van der Waals surface area contributed by atoms with Gasteiger partial charge in [0.15, 0.2) is 0 Å². The molecule has 1 N–H and O–H groups in total. The maximum Gasteiger partial charge on any atom is 0.108 e. The van der Waals surface area contributed by atoms with E-state index in [4.69, 9.17) is 4.74 Å². The molecule has 1 heterocycles. The van der Waals surface area contributed by atoms with Crippen LogP contribution in [0.4, 0.5) is 0 Å². The van der Waals surface area contributed by atoms with Gasteiger partial charge in [0.25, 0.3) is 0 Å². The molecule has 21 heavy (non-hydrogen) atoms. The first kappa shape index (κ1) is 18.2. The average Bonchev–Trinajstić information content (AvgIpc) is 2.91. The maximum absolute atomic E-state index is 6.20. The highest BCUT2D eigenvalue weighted by atomic mass is 16.5. The summed E-state index contributed by atoms with van der Waals surface area (Å²) in [5.41, 5.74) is -0.0604. The quantitative estimate of drug-likeness (QED) is 0.680. The van der Waals surface area contributed by atoms with E-state index in [0.717, 1.165) is 51.1 Å². The fraction of sp³-hybridized carbons (Fsp3) is 0.824. The van der Waals surface area contributed by atoms with E-state index >= 15 is 0 Å². The number of nitrogens with zero attached hydrogens (tertiary/aromatic N) is 2. The first-order valence-electron chi connectivity index (χ1n) is 8.47. The van der Waals surface area contributed by atoms with Crippen LogP contribution >= 0.6 is 0 Å². The SMILES string of the molecule is CCCNC(CCc1nccn1C)C(CC)(CC)OCC. The highest BCUT2D eigenvalue weighted by molar-refractivity contribution is 4.97. The second-order valence-corrected chi connectivity index (χ2v) is 5.70. The number of hydrogen-bond acceptors (Lipinski definition) is 3. The van der Waals surface area contributed by atoms with Crippen LogP contribution in [0.25, 0.3) is 0 Å². The Labute approximate surface area is 130 Å². The largest absolute Gasteiger partial charge is 0.374 e. The van der Waals surface area contributed by atoms with Gasteiger partial charge in [0.2, 0.25) is 0 Å². The Kier molecular flexibility index (Phi) is 7.97. The van der Waals surface area contributed by atoms with Crippen molar-refractivity contribution < 1.29 is 4.74 Å². The van der Waals surface area contributed by atoms with Crippen molar-refractivity contribution in [3.05, 3.63) is 18.2 Å². The molecule has 1 aromatic rings. The van der Waals surface area contributed by atoms with Crippen molar-refractivity contribution in [1.29, 1.82) is 0 Å². The van der Waals surface area contributed by atoms with Gasteiger partial charge < -0.3 is 14.6 Å². The van der Waals surface area contributed by atoms with Crippen LogP contribution in [0.2, 0.25) is 0 Å². The van der Waals surface area contributed by atoms with E-state index in [1.807, 2.05) is 12.4 Å². The number of nitrogens with one attached hydrogen (secondary N) is 1. The van der Waals surface area contributed by atoms with Gasteiger partial charge >= 0.3 is 0 Å². The smallest absolute Gasteiger partial charge is 0.108 e. The lowest BCUT2D eigenvalue weighted by atomic mass is 9.85. The van der Waals surface area contributed by atoms with Gasteiger partial charge in [-0.3, -0.25) is 0 Å². The highest BCUT2D eigenvalue weighted by Crippen LogP contribution is 2.28. The number of ether oxygens (including phenoxy) is 1. The van der Waals surface area contributed by atoms with E-state index in [0.29, 0.717) is 6.04 Å². The third-order valence-electron chi connectivity index (χ3n) is 4.48. The summed E-state index contributed by atoms with van der Waals surface area (Å²) in [5, 5.41) is 3.72. The molecule has 0 aliphatic carbocycles. The van der Waals surface area contributed by atoms with Gasteiger partial charge in [0.05, 0.1) is 5.60 Å². The molecule has 1 unspecified atom stereocenters. The van der Waals surface area contributed by atoms with Gasteiger partial charge in [-0.1, -0.05) is 20.8 Å². The van der Waals surface area contributed by atoms with Crippen molar-refractivity contribution in [1.82, 2.24) is 14.9 Å². The van der Waals surface area contributed by atoms with E-state index < -0.39 is 0 Å². The van der Waals surface area contributed by atoms with Crippen molar-refractivity contribution in [3.8, 4) is 0 Å². The summed E-state index contributed by atoms with van der Waals surface area (Å²) in [6.07, 6.45) is 9.16. The van der Waals surface area contributed by atoms with Crippen molar-refractivity contribution in [3.63, 3.8) is 0 Å². The molecule has 0 saturated heterocycles. The van der Waals surface area contributed by atoms with Crippen LogP contribution in [0.15, 0.2) is 12.4 Å². The molecule has 0 spiro atoms. The molecule has 0 aliphatic heterocycles. The Morgan fingerprint density at radius 1 is 1.29 bits per heavy atom. The van der Waals surface area contributed by atoms with E-state index in [1.165, 1.54) is 0 Å². The predicted molar refractivity (Wildman–Crippen MR) is 88.5 cm³/mol. The standard InChI is InChI=1S/C17H33N3O/c1-6-12-18-15(17(7-2,8-3)21-9-4)10-11-16-19-13-14-20(16)5/h13-15,18H,6-12H2,1-5H3. The lowest BCUT2D eigenvalue weighted by Gasteiger charge is -2.40. The Morgan fingerprint density at radius 2 is 2.00 bits per heavy atom. The molecule has 0 fully saturated rings. The summed E-state index contributed by atoms with van der Waals surface area (Å²) in [7, 11) is 2.06. The Hall–Kier alpha value is -0.870. The minimum atomic E-state index is -0.0604. The summed E-state index contributed by atoms with van der Waals surface area (Å²) in [4.78, 5) is 4.44. The maximum atomic E-state index is 6.20. The average molecular weight is 295 g/mol. The van der Waals surface area contributed by atoms with Gasteiger partial charge in [-0.25, -0.2) is 4.98 Å². The second-order valence-electron chi connectivity index (χ2n) is 5.70. The second kappa shape index (κ2) is 9.21. The zero-order chi connectivity index (χ0) is 15.7. The first-order chi connectivity index (χ1) is 10.1. The monoisotopic (exact) mass is 295 g/mol. The molecular weight excluding hydrogens is 262 g/mol. The Bertz CT molecular complexity index is 385. The van der Waals surface area contributed by atoms with Gasteiger partial charge in [0, 0.05) is 38.5 Å². The minimum absolute atomic E-state index is 0.0604. The third-order valence-corrected chi connectivity index (χ3v) is 4.48. The molecule has 0 bridgehead atoms. The van der Waals surface area contributed by atoms with Gasteiger partial charge in [-0.05, 0) is 39.2 Å². The minimum Gasteiger partial charge on any atom is -0.374 e. The molecule has 1 aromatic heterocycles. The molecule has 0 aromatic carbocycles. The van der Waals surface area contributed by atoms with Gasteiger partial charge in [-0.2, -0.15) is 0 Å². The third kappa shape index (κ3) is 4.82. The van der Waals surface area contributed by atoms with Crippen molar-refractivity contribution in [2.45, 2.75) is 71.4 Å². The Morgan fingerprint density at radius 3 is 2.48 bits per heavy atom. The van der Waals surface area contributed by atoms with Crippen LogP contribution < -0.4 is 5.32 Å². The molecule has 0 radical (unpaired) electrons. The van der Waals surface area contributed by atoms with Crippen molar-refractivity contribution in [2.24, 2.45) is 7.05 Å². The number of rotatable bonds is 11. The number of imidazole rings is 1.